The number of hydrogen-bond donors (Lipinski definition) is 2. The highest BCUT2D eigenvalue weighted by Gasteiger charge is 2.19. The van der Waals surface area contributed by atoms with Crippen LogP contribution in [0.1, 0.15) is 85.3 Å². The van der Waals surface area contributed by atoms with Gasteiger partial charge in [0.25, 0.3) is 5.70 Å². The Kier molecular flexibility index (Phi) is 13.9. The molecule has 0 saturated heterocycles. The van der Waals surface area contributed by atoms with Gasteiger partial charge in [-0.05, 0) is 143 Å². The molecule has 7 aromatic rings. The highest BCUT2D eigenvalue weighted by Crippen LogP contribution is 2.40. The van der Waals surface area contributed by atoms with Crippen molar-refractivity contribution in [3.8, 4) is 6.07 Å². The maximum atomic E-state index is 11.6. The predicted octanol–water partition coefficient (Wildman–Crippen LogP) is 14.8. The van der Waals surface area contributed by atoms with Gasteiger partial charge in [0.05, 0.1) is 6.57 Å². The molecule has 0 unspecified atom stereocenters. The van der Waals surface area contributed by atoms with Crippen molar-refractivity contribution < 1.29 is 19.8 Å². The molecule has 5 aromatic carbocycles. The summed E-state index contributed by atoms with van der Waals surface area (Å²) in [7, 11) is 0. The summed E-state index contributed by atoms with van der Waals surface area (Å²) in [6, 6.07) is 55.5. The van der Waals surface area contributed by atoms with E-state index in [1.807, 2.05) is 60.7 Å². The van der Waals surface area contributed by atoms with Crippen LogP contribution < -0.4 is 4.90 Å². The third-order valence-electron chi connectivity index (χ3n) is 11.4. The SMILES string of the molecule is [C-]#[N+]/C(=C\c1ccc(/C(=C/c2ccc(N(c3ccc(/C=C(\c4ccccc4)c4ccc(/C=C(\C#N)C(=O)O)s4)cc3)c3ccc(C4CCCCC4)cc3)cc2)c2ccccc2)s1)C(=O)O. The number of carboxylic acid groups (broad SMARTS) is 2. The summed E-state index contributed by atoms with van der Waals surface area (Å²) in [5.41, 5.74) is 9.75. The second-order valence-corrected chi connectivity index (χ2v) is 17.8. The standard InChI is InChI=1S/C56H43N3O4S2/c1-58-52(56(62)63)36-49-30-32-54(65-49)51(43-15-9-4-10-16-43)34-39-19-25-46(26-20-39)59(47-27-21-41(22-28-47)40-11-5-2-6-12-40)45-23-17-38(18-24-45)33-50(42-13-7-3-8-14-42)53-31-29-48(64-53)35-44(37-57)55(60)61/h3-4,7-10,13-36,40H,2,5-6,11-12H2,(H,60,61)(H,62,63)/b44-35+,50-33+,51-34+,52-36-. The van der Waals surface area contributed by atoms with Crippen molar-refractivity contribution in [2.75, 3.05) is 4.90 Å². The van der Waals surface area contributed by atoms with Crippen LogP contribution in [0.25, 0.3) is 40.3 Å². The summed E-state index contributed by atoms with van der Waals surface area (Å²) in [6.07, 6.45) is 13.4. The number of hydrogen-bond acceptors (Lipinski definition) is 6. The first kappa shape index (κ1) is 43.8. The van der Waals surface area contributed by atoms with E-state index in [1.54, 1.807) is 6.07 Å². The molecule has 2 N–H and O–H groups in total. The fourth-order valence-electron chi connectivity index (χ4n) is 8.09. The van der Waals surface area contributed by atoms with E-state index in [0.29, 0.717) is 15.7 Å². The van der Waals surface area contributed by atoms with Crippen LogP contribution in [-0.2, 0) is 9.59 Å². The molecule has 8 rings (SSSR count). The van der Waals surface area contributed by atoms with E-state index >= 15 is 0 Å². The number of anilines is 3. The number of nitrogens with zero attached hydrogens (tertiary/aromatic N) is 3. The van der Waals surface area contributed by atoms with Crippen LogP contribution in [0, 0.1) is 17.9 Å². The van der Waals surface area contributed by atoms with Gasteiger partial charge in [-0.3, -0.25) is 4.79 Å². The molecule has 2 heterocycles. The van der Waals surface area contributed by atoms with Crippen LogP contribution in [0.3, 0.4) is 0 Å². The van der Waals surface area contributed by atoms with Crippen LogP contribution in [-0.4, -0.2) is 22.2 Å². The summed E-state index contributed by atoms with van der Waals surface area (Å²) in [5, 5.41) is 28.2. The second kappa shape index (κ2) is 20.6. The Hall–Kier alpha value is -7.82. The third kappa shape index (κ3) is 10.7. The molecule has 9 heteroatoms. The van der Waals surface area contributed by atoms with Gasteiger partial charge in [0.15, 0.2) is 0 Å². The van der Waals surface area contributed by atoms with Crippen molar-refractivity contribution in [3.05, 3.63) is 228 Å². The Morgan fingerprint density at radius 1 is 0.585 bits per heavy atom. The summed E-state index contributed by atoms with van der Waals surface area (Å²) in [5.74, 6) is -1.91. The molecule has 0 bridgehead atoms. The monoisotopic (exact) mass is 885 g/mol. The van der Waals surface area contributed by atoms with Crippen molar-refractivity contribution in [1.82, 2.24) is 0 Å². The largest absolute Gasteiger partial charge is 0.486 e. The molecular weight excluding hydrogens is 843 g/mol. The fourth-order valence-corrected chi connectivity index (χ4v) is 10.1. The molecule has 1 saturated carbocycles. The van der Waals surface area contributed by atoms with Crippen molar-refractivity contribution in [2.24, 2.45) is 0 Å². The summed E-state index contributed by atoms with van der Waals surface area (Å²) in [6.45, 7) is 7.29. The van der Waals surface area contributed by atoms with Gasteiger partial charge in [-0.25, -0.2) is 9.64 Å². The van der Waals surface area contributed by atoms with Crippen LogP contribution in [0.4, 0.5) is 17.1 Å². The van der Waals surface area contributed by atoms with E-state index in [4.69, 9.17) is 6.57 Å². The number of benzene rings is 5. The minimum atomic E-state index is -1.25. The molecule has 0 spiro atoms. The predicted molar refractivity (Wildman–Crippen MR) is 266 cm³/mol. The first-order valence-electron chi connectivity index (χ1n) is 21.3. The lowest BCUT2D eigenvalue weighted by Crippen LogP contribution is -2.10. The first-order chi connectivity index (χ1) is 31.8. The minimum absolute atomic E-state index is 0.311. The molecule has 2 aromatic heterocycles. The number of carboxylic acids is 2. The first-order valence-corrected chi connectivity index (χ1v) is 22.9. The van der Waals surface area contributed by atoms with E-state index in [1.165, 1.54) is 72.5 Å². The molecule has 0 aliphatic heterocycles. The molecule has 0 radical (unpaired) electrons. The van der Waals surface area contributed by atoms with Gasteiger partial charge in [-0.1, -0.05) is 116 Å². The van der Waals surface area contributed by atoms with Gasteiger partial charge in [-0.15, -0.1) is 22.7 Å². The molecule has 7 nitrogen and oxygen atoms in total. The van der Waals surface area contributed by atoms with E-state index < -0.39 is 11.9 Å². The lowest BCUT2D eigenvalue weighted by molar-refractivity contribution is -0.133. The Balaban J connectivity index is 1.15. The molecule has 0 atom stereocenters. The zero-order chi connectivity index (χ0) is 45.1. The zero-order valence-corrected chi connectivity index (χ0v) is 36.9. The minimum Gasteiger partial charge on any atom is -0.486 e. The Morgan fingerprint density at radius 3 is 1.48 bits per heavy atom. The molecule has 0 amide bonds. The third-order valence-corrected chi connectivity index (χ3v) is 13.5. The number of thiophene rings is 2. The second-order valence-electron chi connectivity index (χ2n) is 15.6. The highest BCUT2D eigenvalue weighted by atomic mass is 32.1. The number of rotatable bonds is 14. The summed E-state index contributed by atoms with van der Waals surface area (Å²) in [4.78, 5) is 31.8. The van der Waals surface area contributed by atoms with Gasteiger partial charge >= 0.3 is 11.9 Å². The summed E-state index contributed by atoms with van der Waals surface area (Å²) < 4.78 is 0. The van der Waals surface area contributed by atoms with Gasteiger partial charge in [0.2, 0.25) is 0 Å². The van der Waals surface area contributed by atoms with Gasteiger partial charge < -0.3 is 15.1 Å². The maximum absolute atomic E-state index is 11.6. The number of nitriles is 1. The van der Waals surface area contributed by atoms with E-state index in [2.05, 4.69) is 119 Å². The Bertz CT molecular complexity index is 2840. The Labute approximate surface area is 387 Å². The van der Waals surface area contributed by atoms with E-state index in [0.717, 1.165) is 60.2 Å². The maximum Gasteiger partial charge on any atom is 0.346 e. The molecule has 65 heavy (non-hydrogen) atoms. The highest BCUT2D eigenvalue weighted by molar-refractivity contribution is 7.14. The average Bonchev–Trinajstić information content (AvgIpc) is 4.03. The molecule has 1 aliphatic rings. The smallest absolute Gasteiger partial charge is 0.346 e. The van der Waals surface area contributed by atoms with E-state index in [9.17, 15) is 25.1 Å². The lowest BCUT2D eigenvalue weighted by Gasteiger charge is -2.27. The number of aliphatic carboxylic acids is 2. The number of carbonyl (C=O) groups is 2. The van der Waals surface area contributed by atoms with Gasteiger partial charge in [0, 0.05) is 36.6 Å². The van der Waals surface area contributed by atoms with Crippen molar-refractivity contribution in [3.63, 3.8) is 0 Å². The van der Waals surface area contributed by atoms with Crippen LogP contribution in [0.15, 0.2) is 169 Å². The molecular formula is C56H43N3O4S2. The Morgan fingerprint density at radius 2 is 1.05 bits per heavy atom. The molecule has 318 valence electrons. The van der Waals surface area contributed by atoms with Crippen molar-refractivity contribution in [1.29, 1.82) is 5.26 Å². The fraction of sp³-hybridized carbons (Fsp3) is 0.107. The summed E-state index contributed by atoms with van der Waals surface area (Å²) >= 11 is 2.88. The van der Waals surface area contributed by atoms with Crippen molar-refractivity contribution in [2.45, 2.75) is 38.0 Å². The topological polar surface area (TPSA) is 106 Å². The van der Waals surface area contributed by atoms with Crippen LogP contribution in [0.2, 0.25) is 0 Å². The van der Waals surface area contributed by atoms with Gasteiger partial charge in [0.1, 0.15) is 11.6 Å². The normalized spacial score (nSPS) is 13.8. The van der Waals surface area contributed by atoms with E-state index in [-0.39, 0.29) is 11.3 Å². The molecule has 1 fully saturated rings. The zero-order valence-electron chi connectivity index (χ0n) is 35.3. The van der Waals surface area contributed by atoms with Crippen LogP contribution >= 0.6 is 22.7 Å². The molecule has 1 aliphatic carbocycles. The van der Waals surface area contributed by atoms with Gasteiger partial charge in [-0.2, -0.15) is 5.26 Å². The van der Waals surface area contributed by atoms with Crippen molar-refractivity contribution >= 4 is 87.1 Å². The lowest BCUT2D eigenvalue weighted by atomic mass is 9.84. The quantitative estimate of drug-likeness (QED) is 0.0488. The average molecular weight is 886 g/mol. The van der Waals surface area contributed by atoms with Crippen LogP contribution in [0.5, 0.6) is 0 Å².